The third-order valence-electron chi connectivity index (χ3n) is 3.95. The lowest BCUT2D eigenvalue weighted by atomic mass is 10.1. The summed E-state index contributed by atoms with van der Waals surface area (Å²) in [5, 5.41) is 0. The highest BCUT2D eigenvalue weighted by Crippen LogP contribution is 2.19. The molecule has 2 amide bonds. The Balaban J connectivity index is 2.21. The molecule has 1 atom stereocenters. The first-order valence-corrected chi connectivity index (χ1v) is 8.22. The first-order valence-electron chi connectivity index (χ1n) is 8.22. The summed E-state index contributed by atoms with van der Waals surface area (Å²) in [6.45, 7) is 4.35. The third-order valence-corrected chi connectivity index (χ3v) is 3.95. The second-order valence-corrected chi connectivity index (χ2v) is 5.83. The number of ether oxygens (including phenoxy) is 1. The van der Waals surface area contributed by atoms with E-state index in [2.05, 4.69) is 4.98 Å². The largest absolute Gasteiger partial charge is 0.484 e. The summed E-state index contributed by atoms with van der Waals surface area (Å²) in [6.07, 6.45) is 4.27. The van der Waals surface area contributed by atoms with Crippen LogP contribution in [0.15, 0.2) is 48.8 Å². The van der Waals surface area contributed by atoms with Crippen molar-refractivity contribution in [2.75, 3.05) is 6.61 Å². The van der Waals surface area contributed by atoms with Crippen molar-refractivity contribution in [3.8, 4) is 5.75 Å². The van der Waals surface area contributed by atoms with Gasteiger partial charge in [-0.05, 0) is 49.2 Å². The number of hydrogen-bond donors (Lipinski definition) is 1. The molecule has 1 aromatic carbocycles. The highest BCUT2D eigenvalue weighted by atomic mass is 16.5. The van der Waals surface area contributed by atoms with Gasteiger partial charge in [-0.1, -0.05) is 13.0 Å². The molecule has 1 aromatic heterocycles. The molecule has 2 aromatic rings. The molecule has 6 nitrogen and oxygen atoms in total. The standard InChI is InChI=1S/C19H23N3O3/c1-3-14(2)22(12-15-7-9-21-10-8-15)19(24)16-5-4-6-17(11-16)25-13-18(20)23/h4-11,14H,3,12-13H2,1-2H3,(H2,20,23)/t14-/m1/s1. The predicted molar refractivity (Wildman–Crippen MR) is 95.0 cm³/mol. The molecule has 6 heteroatoms. The first kappa shape index (κ1) is 18.4. The predicted octanol–water partition coefficient (Wildman–Crippen LogP) is 2.39. The molecule has 0 unspecified atom stereocenters. The molecule has 2 rings (SSSR count). The van der Waals surface area contributed by atoms with E-state index in [-0.39, 0.29) is 18.6 Å². The minimum atomic E-state index is -0.560. The number of nitrogens with zero attached hydrogens (tertiary/aromatic N) is 2. The SMILES string of the molecule is CC[C@@H](C)N(Cc1ccncc1)C(=O)c1cccc(OCC(N)=O)c1. The number of hydrogen-bond acceptors (Lipinski definition) is 4. The van der Waals surface area contributed by atoms with Crippen LogP contribution in [0.5, 0.6) is 5.75 Å². The number of pyridine rings is 1. The van der Waals surface area contributed by atoms with Crippen molar-refractivity contribution < 1.29 is 14.3 Å². The van der Waals surface area contributed by atoms with Crippen LogP contribution in [-0.2, 0) is 11.3 Å². The molecule has 0 aliphatic carbocycles. The van der Waals surface area contributed by atoms with Crippen molar-refractivity contribution in [3.63, 3.8) is 0 Å². The fourth-order valence-electron chi connectivity index (χ4n) is 2.37. The van der Waals surface area contributed by atoms with Crippen LogP contribution in [0.1, 0.15) is 36.2 Å². The van der Waals surface area contributed by atoms with Crippen molar-refractivity contribution in [1.29, 1.82) is 0 Å². The zero-order valence-corrected chi connectivity index (χ0v) is 14.5. The zero-order valence-electron chi connectivity index (χ0n) is 14.5. The Morgan fingerprint density at radius 3 is 2.60 bits per heavy atom. The second kappa shape index (κ2) is 8.82. The van der Waals surface area contributed by atoms with Gasteiger partial charge in [-0.15, -0.1) is 0 Å². The van der Waals surface area contributed by atoms with Crippen molar-refractivity contribution in [1.82, 2.24) is 9.88 Å². The van der Waals surface area contributed by atoms with E-state index in [0.29, 0.717) is 17.9 Å². The van der Waals surface area contributed by atoms with Crippen molar-refractivity contribution in [2.24, 2.45) is 5.73 Å². The first-order chi connectivity index (χ1) is 12.0. The van der Waals surface area contributed by atoms with Gasteiger partial charge in [0, 0.05) is 30.5 Å². The molecule has 25 heavy (non-hydrogen) atoms. The maximum Gasteiger partial charge on any atom is 0.255 e. The molecule has 0 aliphatic rings. The summed E-state index contributed by atoms with van der Waals surface area (Å²) >= 11 is 0. The van der Waals surface area contributed by atoms with Crippen LogP contribution >= 0.6 is 0 Å². The summed E-state index contributed by atoms with van der Waals surface area (Å²) in [5.41, 5.74) is 6.61. The molecule has 0 fully saturated rings. The van der Waals surface area contributed by atoms with E-state index in [1.807, 2.05) is 30.9 Å². The van der Waals surface area contributed by atoms with E-state index >= 15 is 0 Å². The molecule has 1 heterocycles. The van der Waals surface area contributed by atoms with Crippen LogP contribution in [0, 0.1) is 0 Å². The minimum absolute atomic E-state index is 0.0795. The van der Waals surface area contributed by atoms with Crippen LogP contribution in [0.25, 0.3) is 0 Å². The number of primary amides is 1. The highest BCUT2D eigenvalue weighted by molar-refractivity contribution is 5.94. The summed E-state index contributed by atoms with van der Waals surface area (Å²) in [5.74, 6) is -0.205. The maximum absolute atomic E-state index is 13.0. The summed E-state index contributed by atoms with van der Waals surface area (Å²) in [6, 6.07) is 10.7. The Morgan fingerprint density at radius 1 is 1.24 bits per heavy atom. The minimum Gasteiger partial charge on any atom is -0.484 e. The Kier molecular flexibility index (Phi) is 6.51. The third kappa shape index (κ3) is 5.31. The normalized spacial score (nSPS) is 11.6. The molecular weight excluding hydrogens is 318 g/mol. The molecule has 2 N–H and O–H groups in total. The lowest BCUT2D eigenvalue weighted by Crippen LogP contribution is -2.37. The fraction of sp³-hybridized carbons (Fsp3) is 0.316. The number of benzene rings is 1. The van der Waals surface area contributed by atoms with Crippen LogP contribution in [0.4, 0.5) is 0 Å². The van der Waals surface area contributed by atoms with Crippen molar-refractivity contribution in [2.45, 2.75) is 32.9 Å². The summed E-state index contributed by atoms with van der Waals surface area (Å²) in [4.78, 5) is 29.7. The van der Waals surface area contributed by atoms with Gasteiger partial charge in [-0.2, -0.15) is 0 Å². The molecule has 0 saturated heterocycles. The van der Waals surface area contributed by atoms with Crippen LogP contribution in [0.2, 0.25) is 0 Å². The smallest absolute Gasteiger partial charge is 0.255 e. The maximum atomic E-state index is 13.0. The number of amides is 2. The van der Waals surface area contributed by atoms with E-state index in [1.54, 1.807) is 36.7 Å². The van der Waals surface area contributed by atoms with Crippen molar-refractivity contribution >= 4 is 11.8 Å². The molecule has 0 aliphatic heterocycles. The highest BCUT2D eigenvalue weighted by Gasteiger charge is 2.21. The number of carbonyl (C=O) groups excluding carboxylic acids is 2. The van der Waals surface area contributed by atoms with Crippen LogP contribution in [0.3, 0.4) is 0 Å². The Labute approximate surface area is 147 Å². The second-order valence-electron chi connectivity index (χ2n) is 5.83. The summed E-state index contributed by atoms with van der Waals surface area (Å²) < 4.78 is 5.29. The van der Waals surface area contributed by atoms with Gasteiger partial charge in [0.15, 0.2) is 6.61 Å². The average molecular weight is 341 g/mol. The molecule has 0 saturated carbocycles. The Morgan fingerprint density at radius 2 is 1.96 bits per heavy atom. The number of nitrogens with two attached hydrogens (primary N) is 1. The summed E-state index contributed by atoms with van der Waals surface area (Å²) in [7, 11) is 0. The van der Waals surface area contributed by atoms with Gasteiger partial charge >= 0.3 is 0 Å². The van der Waals surface area contributed by atoms with Crippen molar-refractivity contribution in [3.05, 3.63) is 59.9 Å². The van der Waals surface area contributed by atoms with E-state index in [4.69, 9.17) is 10.5 Å². The quantitative estimate of drug-likeness (QED) is 0.799. The van der Waals surface area contributed by atoms with E-state index in [1.165, 1.54) is 0 Å². The Hall–Kier alpha value is -2.89. The van der Waals surface area contributed by atoms with Gasteiger partial charge in [0.05, 0.1) is 0 Å². The van der Waals surface area contributed by atoms with Gasteiger partial charge in [0.25, 0.3) is 11.8 Å². The van der Waals surface area contributed by atoms with E-state index < -0.39 is 5.91 Å². The number of rotatable bonds is 8. The lowest BCUT2D eigenvalue weighted by molar-refractivity contribution is -0.119. The molecule has 132 valence electrons. The number of aromatic nitrogens is 1. The van der Waals surface area contributed by atoms with E-state index in [9.17, 15) is 9.59 Å². The fourth-order valence-corrected chi connectivity index (χ4v) is 2.37. The molecular formula is C19H23N3O3. The van der Waals surface area contributed by atoms with Crippen LogP contribution in [-0.4, -0.2) is 34.3 Å². The van der Waals surface area contributed by atoms with Crippen LogP contribution < -0.4 is 10.5 Å². The zero-order chi connectivity index (χ0) is 18.2. The van der Waals surface area contributed by atoms with Gasteiger partial charge in [-0.25, -0.2) is 0 Å². The average Bonchev–Trinajstić information content (AvgIpc) is 2.64. The Bertz CT molecular complexity index is 719. The number of carbonyl (C=O) groups is 2. The van der Waals surface area contributed by atoms with E-state index in [0.717, 1.165) is 12.0 Å². The van der Waals surface area contributed by atoms with Gasteiger partial charge in [0.1, 0.15) is 5.75 Å². The van der Waals surface area contributed by atoms with Gasteiger partial charge in [0.2, 0.25) is 0 Å². The monoisotopic (exact) mass is 341 g/mol. The van der Waals surface area contributed by atoms with Gasteiger partial charge in [-0.3, -0.25) is 14.6 Å². The molecule has 0 spiro atoms. The lowest BCUT2D eigenvalue weighted by Gasteiger charge is -2.29. The molecule has 0 radical (unpaired) electrons. The molecule has 0 bridgehead atoms. The topological polar surface area (TPSA) is 85.5 Å². The van der Waals surface area contributed by atoms with Gasteiger partial charge < -0.3 is 15.4 Å².